The third-order valence-corrected chi connectivity index (χ3v) is 12.4. The van der Waals surface area contributed by atoms with Crippen LogP contribution in [0, 0.1) is 23.0 Å². The quantitative estimate of drug-likeness (QED) is 0.153. The van der Waals surface area contributed by atoms with Crippen LogP contribution in [0.1, 0.15) is 57.7 Å². The number of aromatic amines is 1. The average Bonchev–Trinajstić information content (AvgIpc) is 4.07. The van der Waals surface area contributed by atoms with Gasteiger partial charge in [-0.05, 0) is 37.0 Å². The van der Waals surface area contributed by atoms with Crippen LogP contribution in [0.4, 0.5) is 8.78 Å². The zero-order chi connectivity index (χ0) is 42.9. The molecule has 3 saturated heterocycles. The Labute approximate surface area is 353 Å². The molecule has 0 aliphatic carbocycles. The SMILES string of the molecule is COc1ccccc1C1CNCCN1C1(n2nc(-c3ccccc3)[nH]c2=O)C(C2COC(Cn3cncn3)(c3ccc(F)cc3F)O2)CCN1CCC(=O)OC(C)C(C)(C)C. The highest BCUT2D eigenvalue weighted by atomic mass is 19.1. The van der Waals surface area contributed by atoms with E-state index >= 15 is 4.39 Å². The van der Waals surface area contributed by atoms with E-state index in [4.69, 9.17) is 24.0 Å². The Morgan fingerprint density at radius 1 is 1.07 bits per heavy atom. The van der Waals surface area contributed by atoms with E-state index in [2.05, 4.69) is 30.2 Å². The van der Waals surface area contributed by atoms with Crippen LogP contribution in [-0.2, 0) is 37.1 Å². The first-order chi connectivity index (χ1) is 29.3. The summed E-state index contributed by atoms with van der Waals surface area (Å²) < 4.78 is 58.8. The Morgan fingerprint density at radius 2 is 1.85 bits per heavy atom. The van der Waals surface area contributed by atoms with E-state index in [0.717, 1.165) is 17.7 Å². The second-order valence-corrected chi connectivity index (χ2v) is 17.0. The van der Waals surface area contributed by atoms with E-state index in [1.807, 2.05) is 82.3 Å². The Hall–Kier alpha value is -5.33. The largest absolute Gasteiger partial charge is 0.496 e. The van der Waals surface area contributed by atoms with Crippen molar-refractivity contribution >= 4 is 5.97 Å². The summed E-state index contributed by atoms with van der Waals surface area (Å²) in [6.45, 7) is 9.87. The van der Waals surface area contributed by atoms with E-state index < -0.39 is 40.9 Å². The zero-order valence-electron chi connectivity index (χ0n) is 35.1. The summed E-state index contributed by atoms with van der Waals surface area (Å²) in [7, 11) is 1.63. The van der Waals surface area contributed by atoms with Crippen LogP contribution in [0.25, 0.3) is 11.4 Å². The third kappa shape index (κ3) is 8.12. The molecule has 3 aliphatic rings. The number of hydrogen-bond acceptors (Lipinski definition) is 12. The van der Waals surface area contributed by atoms with Crippen molar-refractivity contribution in [1.82, 2.24) is 44.6 Å². The van der Waals surface area contributed by atoms with E-state index in [-0.39, 0.29) is 55.2 Å². The van der Waals surface area contributed by atoms with Crippen molar-refractivity contribution in [2.24, 2.45) is 11.3 Å². The first kappa shape index (κ1) is 42.4. The molecule has 3 fully saturated rings. The fourth-order valence-corrected chi connectivity index (χ4v) is 9.02. The fourth-order valence-electron chi connectivity index (χ4n) is 9.02. The molecule has 5 aromatic rings. The van der Waals surface area contributed by atoms with Gasteiger partial charge in [-0.15, -0.1) is 5.10 Å². The lowest BCUT2D eigenvalue weighted by Gasteiger charge is -2.54. The Kier molecular flexibility index (Phi) is 11.9. The second kappa shape index (κ2) is 17.2. The maximum atomic E-state index is 15.9. The normalized spacial score (nSPS) is 25.5. The molecular weight excluding hydrogens is 789 g/mol. The Balaban J connectivity index is 1.30. The maximum absolute atomic E-state index is 15.9. The van der Waals surface area contributed by atoms with Gasteiger partial charge in [0, 0.05) is 61.4 Å². The number of nitrogens with zero attached hydrogens (tertiary/aromatic N) is 7. The number of methoxy groups -OCH3 is 1. The van der Waals surface area contributed by atoms with Gasteiger partial charge in [0.2, 0.25) is 5.79 Å². The average molecular weight is 842 g/mol. The highest BCUT2D eigenvalue weighted by Gasteiger charge is 2.63. The molecule has 0 amide bonds. The highest BCUT2D eigenvalue weighted by molar-refractivity contribution is 5.69. The number of rotatable bonds is 13. The zero-order valence-corrected chi connectivity index (χ0v) is 35.1. The predicted octanol–water partition coefficient (Wildman–Crippen LogP) is 5.03. The van der Waals surface area contributed by atoms with E-state index in [9.17, 15) is 14.0 Å². The number of carbonyl (C=O) groups is 1. The van der Waals surface area contributed by atoms with Gasteiger partial charge in [0.05, 0.1) is 32.3 Å². The number of para-hydroxylation sites is 1. The highest BCUT2D eigenvalue weighted by Crippen LogP contribution is 2.52. The standard InChI is InChI=1S/C44H53F2N9O6/c1-29(42(2,3)4)60-39(56)18-21-52-20-17-34(38-25-59-43(61-38,26-53-28-48-27-49-53)33-16-15-31(45)23-35(33)46)44(52,55-41(57)50-40(51-55)30-11-7-6-8-12-30)54-22-19-47-24-36(54)32-13-9-10-14-37(32)58-5/h6-16,23,27-29,34,36,38,47H,17-22,24-26H2,1-5H3,(H,50,51,57). The molecule has 3 aromatic carbocycles. The number of piperazine rings is 1. The molecule has 2 aromatic heterocycles. The van der Waals surface area contributed by atoms with Crippen LogP contribution < -0.4 is 15.7 Å². The monoisotopic (exact) mass is 841 g/mol. The van der Waals surface area contributed by atoms with Crippen molar-refractivity contribution in [2.75, 3.05) is 46.4 Å². The molecular formula is C44H53F2N9O6. The van der Waals surface area contributed by atoms with Gasteiger partial charge in [0.15, 0.2) is 11.6 Å². The first-order valence-corrected chi connectivity index (χ1v) is 20.7. The van der Waals surface area contributed by atoms with Crippen LogP contribution in [0.15, 0.2) is 90.2 Å². The molecule has 6 atom stereocenters. The minimum Gasteiger partial charge on any atom is -0.496 e. The number of halogens is 2. The van der Waals surface area contributed by atoms with E-state index in [1.165, 1.54) is 28.1 Å². The lowest BCUT2D eigenvalue weighted by Crippen LogP contribution is -2.70. The lowest BCUT2D eigenvalue weighted by atomic mass is 9.89. The number of ether oxygens (including phenoxy) is 4. The summed E-state index contributed by atoms with van der Waals surface area (Å²) in [6.07, 6.45) is 2.14. The van der Waals surface area contributed by atoms with Crippen LogP contribution in [-0.4, -0.2) is 104 Å². The minimum absolute atomic E-state index is 0.0135. The number of H-pyrrole nitrogens is 1. The van der Waals surface area contributed by atoms with E-state index in [1.54, 1.807) is 7.11 Å². The molecule has 61 heavy (non-hydrogen) atoms. The van der Waals surface area contributed by atoms with Gasteiger partial charge in [0.25, 0.3) is 0 Å². The third-order valence-electron chi connectivity index (χ3n) is 12.4. The summed E-state index contributed by atoms with van der Waals surface area (Å²) in [5.41, 5.74) is 0.814. The summed E-state index contributed by atoms with van der Waals surface area (Å²) in [4.78, 5) is 40.0. The molecule has 0 spiro atoms. The van der Waals surface area contributed by atoms with Crippen molar-refractivity contribution < 1.29 is 32.5 Å². The molecule has 0 saturated carbocycles. The molecule has 3 aliphatic heterocycles. The number of benzene rings is 3. The van der Waals surface area contributed by atoms with Crippen molar-refractivity contribution in [3.8, 4) is 17.1 Å². The molecule has 6 unspecified atom stereocenters. The van der Waals surface area contributed by atoms with Gasteiger partial charge in [0.1, 0.15) is 42.7 Å². The van der Waals surface area contributed by atoms with Crippen LogP contribution >= 0.6 is 0 Å². The minimum atomic E-state index is -1.76. The number of carbonyl (C=O) groups excluding carboxylic acids is 1. The van der Waals surface area contributed by atoms with Gasteiger partial charge in [-0.1, -0.05) is 69.3 Å². The molecule has 17 heteroatoms. The van der Waals surface area contributed by atoms with Crippen LogP contribution in [0.5, 0.6) is 5.75 Å². The van der Waals surface area contributed by atoms with Gasteiger partial charge >= 0.3 is 11.7 Å². The van der Waals surface area contributed by atoms with Crippen molar-refractivity contribution in [1.29, 1.82) is 0 Å². The van der Waals surface area contributed by atoms with Crippen LogP contribution in [0.2, 0.25) is 0 Å². The summed E-state index contributed by atoms with van der Waals surface area (Å²) >= 11 is 0. The topological polar surface area (TPSA) is 154 Å². The molecule has 5 heterocycles. The van der Waals surface area contributed by atoms with Crippen molar-refractivity contribution in [3.63, 3.8) is 0 Å². The number of esters is 1. The summed E-state index contributed by atoms with van der Waals surface area (Å²) in [5.74, 6) is -4.75. The Morgan fingerprint density at radius 3 is 2.59 bits per heavy atom. The van der Waals surface area contributed by atoms with Gasteiger partial charge in [-0.2, -0.15) is 9.78 Å². The van der Waals surface area contributed by atoms with E-state index in [0.29, 0.717) is 49.7 Å². The Bertz CT molecular complexity index is 2350. The van der Waals surface area contributed by atoms with Crippen molar-refractivity contribution in [2.45, 2.75) is 76.9 Å². The maximum Gasteiger partial charge on any atom is 0.346 e. The molecule has 2 N–H and O–H groups in total. The summed E-state index contributed by atoms with van der Waals surface area (Å²) in [6, 6.07) is 20.0. The summed E-state index contributed by atoms with van der Waals surface area (Å²) in [5, 5.41) is 12.9. The number of likely N-dealkylation sites (tertiary alicyclic amines) is 1. The molecule has 15 nitrogen and oxygen atoms in total. The fraction of sp³-hybridized carbons (Fsp3) is 0.477. The van der Waals surface area contributed by atoms with Gasteiger partial charge < -0.3 is 24.3 Å². The first-order valence-electron chi connectivity index (χ1n) is 20.7. The number of nitrogens with one attached hydrogen (secondary N) is 2. The van der Waals surface area contributed by atoms with Gasteiger partial charge in [-0.25, -0.2) is 23.2 Å². The molecule has 8 rings (SSSR count). The number of aromatic nitrogens is 6. The molecule has 0 bridgehead atoms. The van der Waals surface area contributed by atoms with Crippen molar-refractivity contribution in [3.05, 3.63) is 119 Å². The second-order valence-electron chi connectivity index (χ2n) is 17.0. The molecule has 324 valence electrons. The van der Waals surface area contributed by atoms with Gasteiger partial charge in [-0.3, -0.25) is 19.6 Å². The smallest absolute Gasteiger partial charge is 0.346 e. The number of hydrogen-bond donors (Lipinski definition) is 2. The predicted molar refractivity (Wildman–Crippen MR) is 220 cm³/mol. The van der Waals surface area contributed by atoms with Crippen LogP contribution in [0.3, 0.4) is 0 Å². The molecule has 0 radical (unpaired) electrons. The lowest BCUT2D eigenvalue weighted by molar-refractivity contribution is -0.221.